The van der Waals surface area contributed by atoms with E-state index in [1.54, 1.807) is 0 Å². The average molecular weight is 447 g/mol. The Bertz CT molecular complexity index is 1080. The molecular weight excluding hydrogens is 420 g/mol. The highest BCUT2D eigenvalue weighted by Gasteiger charge is 2.61. The van der Waals surface area contributed by atoms with Gasteiger partial charge in [-0.1, -0.05) is 48.5 Å². The van der Waals surface area contributed by atoms with Gasteiger partial charge >= 0.3 is 12.1 Å². The lowest BCUT2D eigenvalue weighted by atomic mass is 9.79. The highest BCUT2D eigenvalue weighted by atomic mass is 16.5. The highest BCUT2D eigenvalue weighted by Crippen LogP contribution is 2.52. The summed E-state index contributed by atoms with van der Waals surface area (Å²) in [6.07, 6.45) is 0.772. The Hall–Kier alpha value is -3.35. The zero-order valence-corrected chi connectivity index (χ0v) is 18.1. The first-order valence-corrected chi connectivity index (χ1v) is 11.6. The van der Waals surface area contributed by atoms with E-state index >= 15 is 0 Å². The number of carbonyl (C=O) groups is 3. The number of carbonyl (C=O) groups excluding carboxylic acids is 2. The van der Waals surface area contributed by atoms with Crippen LogP contribution in [0.4, 0.5) is 4.79 Å². The van der Waals surface area contributed by atoms with Crippen LogP contribution in [0, 0.1) is 23.7 Å². The number of rotatable bonds is 5. The number of fused-ring (bicyclic) bond motifs is 4. The van der Waals surface area contributed by atoms with E-state index < -0.39 is 12.1 Å². The minimum absolute atomic E-state index is 0.0232. The fourth-order valence-corrected chi connectivity index (χ4v) is 6.07. The van der Waals surface area contributed by atoms with E-state index in [1.807, 2.05) is 29.2 Å². The number of ether oxygens (including phenoxy) is 1. The molecule has 1 aliphatic heterocycles. The Kier molecular flexibility index (Phi) is 4.67. The number of piperidine rings is 1. The summed E-state index contributed by atoms with van der Waals surface area (Å²) in [4.78, 5) is 38.0. The van der Waals surface area contributed by atoms with Crippen molar-refractivity contribution < 1.29 is 24.2 Å². The highest BCUT2D eigenvalue weighted by molar-refractivity contribution is 5.82. The zero-order valence-electron chi connectivity index (χ0n) is 18.1. The summed E-state index contributed by atoms with van der Waals surface area (Å²) in [5.41, 5.74) is 4.73. The van der Waals surface area contributed by atoms with Gasteiger partial charge in [0, 0.05) is 31.0 Å². The van der Waals surface area contributed by atoms with Gasteiger partial charge in [-0.25, -0.2) is 4.79 Å². The second-order valence-electron chi connectivity index (χ2n) is 9.77. The van der Waals surface area contributed by atoms with Crippen LogP contribution in [-0.2, 0) is 14.3 Å². The molecule has 2 N–H and O–H groups in total. The van der Waals surface area contributed by atoms with Gasteiger partial charge < -0.3 is 20.1 Å². The van der Waals surface area contributed by atoms with Gasteiger partial charge in [-0.3, -0.25) is 9.59 Å². The normalized spacial score (nSPS) is 28.8. The Morgan fingerprint density at radius 1 is 0.939 bits per heavy atom. The average Bonchev–Trinajstić information content (AvgIpc) is 3.14. The van der Waals surface area contributed by atoms with Crippen LogP contribution in [0.15, 0.2) is 48.5 Å². The standard InChI is InChI=1S/C26H26N2O5/c29-24(28-11-20-21(12-28)23(20)25(30)31)14-9-15(10-14)27-26(32)33-13-22-18-7-3-1-5-16(18)17-6-2-4-8-19(17)22/h1-8,14-15,20-23H,9-13H2,(H,27,32)(H,30,31)/t14?,15?,20-,21+,23?. The van der Waals surface area contributed by atoms with Gasteiger partial charge in [-0.15, -0.1) is 0 Å². The van der Waals surface area contributed by atoms with Crippen molar-refractivity contribution in [2.75, 3.05) is 19.7 Å². The minimum Gasteiger partial charge on any atom is -0.481 e. The summed E-state index contributed by atoms with van der Waals surface area (Å²) in [6, 6.07) is 16.4. The number of nitrogens with zero attached hydrogens (tertiary/aromatic N) is 1. The molecule has 3 atom stereocenters. The second-order valence-corrected chi connectivity index (χ2v) is 9.77. The molecule has 2 amide bonds. The number of alkyl carbamates (subject to hydrolysis) is 1. The summed E-state index contributed by atoms with van der Waals surface area (Å²) in [5, 5.41) is 12.0. The van der Waals surface area contributed by atoms with Crippen LogP contribution in [0.25, 0.3) is 11.1 Å². The molecule has 7 heteroatoms. The lowest BCUT2D eigenvalue weighted by molar-refractivity contribution is -0.143. The first-order valence-electron chi connectivity index (χ1n) is 11.6. The van der Waals surface area contributed by atoms with Crippen LogP contribution in [0.2, 0.25) is 0 Å². The van der Waals surface area contributed by atoms with Gasteiger partial charge in [0.05, 0.1) is 5.92 Å². The molecule has 170 valence electrons. The molecular formula is C26H26N2O5. The van der Waals surface area contributed by atoms with Crippen molar-refractivity contribution in [3.8, 4) is 11.1 Å². The van der Waals surface area contributed by atoms with Crippen molar-refractivity contribution in [2.24, 2.45) is 23.7 Å². The number of hydrogen-bond donors (Lipinski definition) is 2. The molecule has 2 saturated carbocycles. The topological polar surface area (TPSA) is 95.9 Å². The Labute approximate surface area is 191 Å². The largest absolute Gasteiger partial charge is 0.481 e. The number of likely N-dealkylation sites (tertiary alicyclic amines) is 1. The van der Waals surface area contributed by atoms with E-state index in [1.165, 1.54) is 22.3 Å². The monoisotopic (exact) mass is 446 g/mol. The number of aliphatic carboxylic acids is 1. The molecule has 3 aliphatic carbocycles. The smallest absolute Gasteiger partial charge is 0.407 e. The van der Waals surface area contributed by atoms with E-state index in [4.69, 9.17) is 9.84 Å². The Balaban J connectivity index is 0.982. The minimum atomic E-state index is -0.743. The molecule has 0 radical (unpaired) electrons. The maximum Gasteiger partial charge on any atom is 0.407 e. The summed E-state index contributed by atoms with van der Waals surface area (Å²) >= 11 is 0. The molecule has 2 aromatic carbocycles. The first-order chi connectivity index (χ1) is 16.0. The van der Waals surface area contributed by atoms with Crippen molar-refractivity contribution in [1.29, 1.82) is 0 Å². The van der Waals surface area contributed by atoms with Gasteiger partial charge in [0.25, 0.3) is 0 Å². The van der Waals surface area contributed by atoms with Gasteiger partial charge in [0.2, 0.25) is 5.91 Å². The Morgan fingerprint density at radius 2 is 1.52 bits per heavy atom. The van der Waals surface area contributed by atoms with Crippen molar-refractivity contribution in [1.82, 2.24) is 10.2 Å². The van der Waals surface area contributed by atoms with E-state index in [-0.39, 0.29) is 48.1 Å². The first kappa shape index (κ1) is 20.3. The molecule has 2 aromatic rings. The number of nitrogens with one attached hydrogen (secondary N) is 1. The molecule has 7 nitrogen and oxygen atoms in total. The van der Waals surface area contributed by atoms with Crippen molar-refractivity contribution in [3.05, 3.63) is 59.7 Å². The number of hydrogen-bond acceptors (Lipinski definition) is 4. The number of carboxylic acid groups (broad SMARTS) is 1. The van der Waals surface area contributed by atoms with Crippen LogP contribution in [0.5, 0.6) is 0 Å². The maximum atomic E-state index is 12.7. The quantitative estimate of drug-likeness (QED) is 0.736. The van der Waals surface area contributed by atoms with Crippen molar-refractivity contribution >= 4 is 18.0 Å². The molecule has 0 spiro atoms. The molecule has 33 heavy (non-hydrogen) atoms. The fourth-order valence-electron chi connectivity index (χ4n) is 6.07. The fraction of sp³-hybridized carbons (Fsp3) is 0.423. The van der Waals surface area contributed by atoms with Crippen molar-refractivity contribution in [2.45, 2.75) is 24.8 Å². The maximum absolute atomic E-state index is 12.7. The van der Waals surface area contributed by atoms with Gasteiger partial charge in [0.15, 0.2) is 0 Å². The van der Waals surface area contributed by atoms with E-state index in [0.29, 0.717) is 25.9 Å². The molecule has 0 bridgehead atoms. The van der Waals surface area contributed by atoms with E-state index in [0.717, 1.165) is 0 Å². The third-order valence-corrected chi connectivity index (χ3v) is 7.94. The third-order valence-electron chi connectivity index (χ3n) is 7.94. The number of amides is 2. The summed E-state index contributed by atoms with van der Waals surface area (Å²) in [6.45, 7) is 1.39. The molecule has 1 saturated heterocycles. The predicted molar refractivity (Wildman–Crippen MR) is 119 cm³/mol. The summed E-state index contributed by atoms with van der Waals surface area (Å²) in [7, 11) is 0. The molecule has 3 fully saturated rings. The summed E-state index contributed by atoms with van der Waals surface area (Å²) < 4.78 is 5.59. The summed E-state index contributed by atoms with van der Waals surface area (Å²) in [5.74, 6) is -0.731. The Morgan fingerprint density at radius 3 is 2.09 bits per heavy atom. The molecule has 1 heterocycles. The molecule has 6 rings (SSSR count). The van der Waals surface area contributed by atoms with Crippen LogP contribution in [-0.4, -0.2) is 53.7 Å². The van der Waals surface area contributed by atoms with Crippen LogP contribution in [0.1, 0.15) is 29.9 Å². The van der Waals surface area contributed by atoms with Crippen molar-refractivity contribution in [3.63, 3.8) is 0 Å². The zero-order chi connectivity index (χ0) is 22.7. The van der Waals surface area contributed by atoms with Gasteiger partial charge in [-0.05, 0) is 46.9 Å². The third kappa shape index (κ3) is 3.37. The molecule has 1 unspecified atom stereocenters. The number of benzene rings is 2. The van der Waals surface area contributed by atoms with E-state index in [2.05, 4.69) is 29.6 Å². The van der Waals surface area contributed by atoms with Crippen LogP contribution >= 0.6 is 0 Å². The van der Waals surface area contributed by atoms with Gasteiger partial charge in [-0.2, -0.15) is 0 Å². The lowest BCUT2D eigenvalue weighted by Crippen LogP contribution is -2.50. The molecule has 4 aliphatic rings. The predicted octanol–water partition coefficient (Wildman–Crippen LogP) is 3.09. The second kappa shape index (κ2) is 7.61. The van der Waals surface area contributed by atoms with E-state index in [9.17, 15) is 14.4 Å². The van der Waals surface area contributed by atoms with Gasteiger partial charge in [0.1, 0.15) is 6.61 Å². The number of carboxylic acids is 1. The van der Waals surface area contributed by atoms with Crippen LogP contribution < -0.4 is 5.32 Å². The SMILES string of the molecule is O=C(NC1CC(C(=O)N2C[C@@H]3C(C(=O)O)[C@@H]3C2)C1)OCC1c2ccccc2-c2ccccc21. The van der Waals surface area contributed by atoms with Crippen LogP contribution in [0.3, 0.4) is 0 Å². The lowest BCUT2D eigenvalue weighted by Gasteiger charge is -2.37. The molecule has 0 aromatic heterocycles.